The van der Waals surface area contributed by atoms with Crippen molar-refractivity contribution >= 4 is 0 Å². The number of aliphatic hydroxyl groups is 1. The van der Waals surface area contributed by atoms with Gasteiger partial charge in [-0.2, -0.15) is 0 Å². The third-order valence-corrected chi connectivity index (χ3v) is 3.92. The van der Waals surface area contributed by atoms with Gasteiger partial charge in [0, 0.05) is 30.7 Å². The van der Waals surface area contributed by atoms with Crippen molar-refractivity contribution in [3.63, 3.8) is 0 Å². The molecule has 6 nitrogen and oxygen atoms in total. The first-order valence-corrected chi connectivity index (χ1v) is 8.08. The van der Waals surface area contributed by atoms with E-state index in [4.69, 9.17) is 18.9 Å². The van der Waals surface area contributed by atoms with Crippen LogP contribution in [-0.2, 0) is 14.2 Å². The maximum atomic E-state index is 10.2. The summed E-state index contributed by atoms with van der Waals surface area (Å²) in [6.45, 7) is 2.23. The molecule has 0 spiro atoms. The van der Waals surface area contributed by atoms with Crippen LogP contribution < -0.4 is 4.74 Å². The summed E-state index contributed by atoms with van der Waals surface area (Å²) < 4.78 is 21.9. The molecule has 2 fully saturated rings. The largest absolute Gasteiger partial charge is 0.473 e. The monoisotopic (exact) mass is 321 g/mol. The van der Waals surface area contributed by atoms with E-state index in [2.05, 4.69) is 4.98 Å². The van der Waals surface area contributed by atoms with Gasteiger partial charge in [-0.15, -0.1) is 0 Å². The van der Waals surface area contributed by atoms with E-state index in [0.29, 0.717) is 45.1 Å². The molecule has 1 N–H and O–H groups in total. The number of rotatable bonds is 6. The molecule has 1 atom stereocenters. The van der Waals surface area contributed by atoms with E-state index < -0.39 is 5.79 Å². The van der Waals surface area contributed by atoms with Gasteiger partial charge in [0.15, 0.2) is 12.1 Å². The van der Waals surface area contributed by atoms with Crippen LogP contribution in [0.15, 0.2) is 30.5 Å². The van der Waals surface area contributed by atoms with Crippen LogP contribution in [0, 0.1) is 0 Å². The molecule has 0 amide bonds. The van der Waals surface area contributed by atoms with Crippen LogP contribution in [0.3, 0.4) is 0 Å². The lowest BCUT2D eigenvalue weighted by atomic mass is 10.0. The van der Waals surface area contributed by atoms with Crippen LogP contribution >= 0.6 is 0 Å². The second kappa shape index (κ2) is 7.88. The van der Waals surface area contributed by atoms with Crippen molar-refractivity contribution in [2.24, 2.45) is 0 Å². The summed E-state index contributed by atoms with van der Waals surface area (Å²) in [6.07, 6.45) is 8.29. The lowest BCUT2D eigenvalue weighted by Gasteiger charge is -2.31. The molecule has 2 saturated heterocycles. The number of aromatic nitrogens is 1. The highest BCUT2D eigenvalue weighted by Crippen LogP contribution is 2.26. The van der Waals surface area contributed by atoms with E-state index in [1.807, 2.05) is 24.3 Å². The molecule has 0 radical (unpaired) electrons. The van der Waals surface area contributed by atoms with Gasteiger partial charge in [-0.3, -0.25) is 0 Å². The minimum Gasteiger partial charge on any atom is -0.473 e. The standard InChI is InChI=1S/C17H23NO5/c19-17(7-2-4-10-23-17)6-1-3-9-20-15-13-14(5-8-18-15)16-21-11-12-22-16/h1,3,5,8,13,16,19H,2,4,6-7,9-12H2/b3-1-. The van der Waals surface area contributed by atoms with Gasteiger partial charge in [0.25, 0.3) is 0 Å². The Morgan fingerprint density at radius 3 is 2.91 bits per heavy atom. The van der Waals surface area contributed by atoms with Crippen LogP contribution in [0.4, 0.5) is 0 Å². The smallest absolute Gasteiger partial charge is 0.213 e. The van der Waals surface area contributed by atoms with Crippen molar-refractivity contribution in [3.05, 3.63) is 36.0 Å². The van der Waals surface area contributed by atoms with E-state index in [1.54, 1.807) is 6.20 Å². The maximum absolute atomic E-state index is 10.2. The van der Waals surface area contributed by atoms with Crippen LogP contribution in [0.1, 0.15) is 37.5 Å². The molecule has 0 aromatic carbocycles. The van der Waals surface area contributed by atoms with E-state index in [9.17, 15) is 5.11 Å². The van der Waals surface area contributed by atoms with Crippen molar-refractivity contribution < 1.29 is 24.1 Å². The second-order valence-corrected chi connectivity index (χ2v) is 5.74. The van der Waals surface area contributed by atoms with Gasteiger partial charge in [-0.05, 0) is 18.9 Å². The Hall–Kier alpha value is -1.47. The van der Waals surface area contributed by atoms with Crippen LogP contribution in [-0.4, -0.2) is 42.3 Å². The first-order valence-electron chi connectivity index (χ1n) is 8.08. The zero-order valence-corrected chi connectivity index (χ0v) is 13.1. The zero-order valence-electron chi connectivity index (χ0n) is 13.1. The molecule has 3 rings (SSSR count). The lowest BCUT2D eigenvalue weighted by molar-refractivity contribution is -0.221. The summed E-state index contributed by atoms with van der Waals surface area (Å²) in [5.74, 6) is -0.483. The molecule has 6 heteroatoms. The first-order chi connectivity index (χ1) is 11.3. The summed E-state index contributed by atoms with van der Waals surface area (Å²) >= 11 is 0. The third-order valence-electron chi connectivity index (χ3n) is 3.92. The minimum atomic E-state index is -1.01. The fourth-order valence-electron chi connectivity index (χ4n) is 2.67. The van der Waals surface area contributed by atoms with Crippen molar-refractivity contribution in [1.82, 2.24) is 4.98 Å². The maximum Gasteiger partial charge on any atom is 0.213 e. The number of nitrogens with zero attached hydrogens (tertiary/aromatic N) is 1. The van der Waals surface area contributed by atoms with Gasteiger partial charge < -0.3 is 24.1 Å². The number of hydrogen-bond donors (Lipinski definition) is 1. The Bertz CT molecular complexity index is 521. The van der Waals surface area contributed by atoms with Crippen LogP contribution in [0.2, 0.25) is 0 Å². The van der Waals surface area contributed by atoms with Gasteiger partial charge in [0.2, 0.25) is 5.88 Å². The summed E-state index contributed by atoms with van der Waals surface area (Å²) in [7, 11) is 0. The minimum absolute atomic E-state index is 0.325. The molecule has 2 aliphatic heterocycles. The quantitative estimate of drug-likeness (QED) is 0.811. The average Bonchev–Trinajstić information content (AvgIpc) is 3.10. The molecule has 0 bridgehead atoms. The fraction of sp³-hybridized carbons (Fsp3) is 0.588. The van der Waals surface area contributed by atoms with Crippen molar-refractivity contribution in [3.8, 4) is 5.88 Å². The highest BCUT2D eigenvalue weighted by Gasteiger charge is 2.28. The highest BCUT2D eigenvalue weighted by atomic mass is 16.7. The van der Waals surface area contributed by atoms with Gasteiger partial charge in [-0.25, -0.2) is 4.98 Å². The van der Waals surface area contributed by atoms with Gasteiger partial charge >= 0.3 is 0 Å². The number of pyridine rings is 1. The van der Waals surface area contributed by atoms with E-state index in [-0.39, 0.29) is 6.29 Å². The predicted octanol–water partition coefficient (Wildman–Crippen LogP) is 2.34. The number of ether oxygens (including phenoxy) is 4. The van der Waals surface area contributed by atoms with Gasteiger partial charge in [0.1, 0.15) is 6.61 Å². The molecule has 3 heterocycles. The molecule has 0 saturated carbocycles. The summed E-state index contributed by atoms with van der Waals surface area (Å²) in [5.41, 5.74) is 0.904. The van der Waals surface area contributed by atoms with Crippen molar-refractivity contribution in [2.75, 3.05) is 26.4 Å². The molecule has 0 aliphatic carbocycles. The lowest BCUT2D eigenvalue weighted by Crippen LogP contribution is -2.35. The van der Waals surface area contributed by atoms with E-state index >= 15 is 0 Å². The van der Waals surface area contributed by atoms with Crippen molar-refractivity contribution in [1.29, 1.82) is 0 Å². The second-order valence-electron chi connectivity index (χ2n) is 5.74. The van der Waals surface area contributed by atoms with E-state index in [0.717, 1.165) is 18.4 Å². The molecular weight excluding hydrogens is 298 g/mol. The summed E-state index contributed by atoms with van der Waals surface area (Å²) in [4.78, 5) is 4.17. The van der Waals surface area contributed by atoms with Crippen molar-refractivity contribution in [2.45, 2.75) is 37.8 Å². The summed E-state index contributed by atoms with van der Waals surface area (Å²) in [6, 6.07) is 3.68. The normalized spacial score (nSPS) is 26.0. The van der Waals surface area contributed by atoms with E-state index in [1.165, 1.54) is 0 Å². The molecule has 2 aliphatic rings. The zero-order chi connectivity index (χ0) is 16.0. The molecule has 1 unspecified atom stereocenters. The highest BCUT2D eigenvalue weighted by molar-refractivity contribution is 5.22. The molecule has 1 aromatic heterocycles. The predicted molar refractivity (Wildman–Crippen MR) is 82.9 cm³/mol. The number of hydrogen-bond acceptors (Lipinski definition) is 6. The SMILES string of the molecule is OC1(C/C=C\COc2cc(C3OCCO3)ccn2)CCCCO1. The Balaban J connectivity index is 1.45. The summed E-state index contributed by atoms with van der Waals surface area (Å²) in [5, 5.41) is 10.2. The Labute approximate surface area is 136 Å². The van der Waals surface area contributed by atoms with Crippen LogP contribution in [0.25, 0.3) is 0 Å². The topological polar surface area (TPSA) is 70.0 Å². The van der Waals surface area contributed by atoms with Crippen LogP contribution in [0.5, 0.6) is 5.88 Å². The Kier molecular flexibility index (Phi) is 5.61. The van der Waals surface area contributed by atoms with Gasteiger partial charge in [0.05, 0.1) is 19.8 Å². The fourth-order valence-corrected chi connectivity index (χ4v) is 2.67. The molecular formula is C17H23NO5. The Morgan fingerprint density at radius 1 is 1.26 bits per heavy atom. The molecule has 126 valence electrons. The third kappa shape index (κ3) is 4.75. The first kappa shape index (κ1) is 16.4. The average molecular weight is 321 g/mol. The molecule has 1 aromatic rings. The molecule has 23 heavy (non-hydrogen) atoms. The van der Waals surface area contributed by atoms with Gasteiger partial charge in [-0.1, -0.05) is 12.2 Å². The Morgan fingerprint density at radius 2 is 2.13 bits per heavy atom.